The van der Waals surface area contributed by atoms with Gasteiger partial charge >= 0.3 is 5.97 Å². The van der Waals surface area contributed by atoms with Crippen LogP contribution in [0.1, 0.15) is 31.0 Å². The van der Waals surface area contributed by atoms with Crippen molar-refractivity contribution in [1.82, 2.24) is 4.90 Å². The van der Waals surface area contributed by atoms with Crippen molar-refractivity contribution in [2.45, 2.75) is 31.6 Å². The molecule has 0 saturated carbocycles. The van der Waals surface area contributed by atoms with E-state index in [1.165, 1.54) is 0 Å². The third kappa shape index (κ3) is 3.28. The summed E-state index contributed by atoms with van der Waals surface area (Å²) in [4.78, 5) is 28.6. The second-order valence-corrected chi connectivity index (χ2v) is 9.11. The fourth-order valence-electron chi connectivity index (χ4n) is 5.18. The second-order valence-electron chi connectivity index (χ2n) is 9.11. The molecule has 2 aromatic carbocycles. The minimum atomic E-state index is -0.759. The largest absolute Gasteiger partial charge is 0.465 e. The number of carbonyl (C=O) groups excluding carboxylic acids is 2. The second kappa shape index (κ2) is 7.65. The summed E-state index contributed by atoms with van der Waals surface area (Å²) in [5.74, 6) is -1.27. The summed E-state index contributed by atoms with van der Waals surface area (Å²) in [5, 5.41) is 0. The van der Waals surface area contributed by atoms with Gasteiger partial charge in [-0.3, -0.25) is 9.59 Å². The van der Waals surface area contributed by atoms with Crippen LogP contribution >= 0.6 is 0 Å². The molecule has 3 aliphatic rings. The smallest absolute Gasteiger partial charge is 0.312 e. The van der Waals surface area contributed by atoms with Crippen molar-refractivity contribution in [3.05, 3.63) is 83.9 Å². The predicted molar refractivity (Wildman–Crippen MR) is 116 cm³/mol. The Morgan fingerprint density at radius 1 is 1.10 bits per heavy atom. The van der Waals surface area contributed by atoms with Crippen molar-refractivity contribution in [3.8, 4) is 0 Å². The summed E-state index contributed by atoms with van der Waals surface area (Å²) in [5.41, 5.74) is 1.32. The normalized spacial score (nSPS) is 28.6. The molecule has 5 nitrogen and oxygen atoms in total. The molecular formula is C26H27NO4. The van der Waals surface area contributed by atoms with Gasteiger partial charge in [0.2, 0.25) is 5.91 Å². The highest BCUT2D eigenvalue weighted by atomic mass is 16.6. The van der Waals surface area contributed by atoms with Gasteiger partial charge in [0.1, 0.15) is 11.5 Å². The minimum Gasteiger partial charge on any atom is -0.465 e. The lowest BCUT2D eigenvalue weighted by molar-refractivity contribution is -0.155. The molecule has 2 saturated heterocycles. The molecule has 0 aromatic heterocycles. The number of likely N-dealkylation sites (tertiary alicyclic amines) is 1. The predicted octanol–water partition coefficient (Wildman–Crippen LogP) is 3.76. The third-order valence-corrected chi connectivity index (χ3v) is 6.50. The van der Waals surface area contributed by atoms with Crippen LogP contribution in [-0.2, 0) is 19.1 Å². The van der Waals surface area contributed by atoms with Crippen LogP contribution in [-0.4, -0.2) is 41.6 Å². The Bertz CT molecular complexity index is 963. The van der Waals surface area contributed by atoms with E-state index in [4.69, 9.17) is 9.47 Å². The van der Waals surface area contributed by atoms with Crippen LogP contribution in [0.4, 0.5) is 0 Å². The van der Waals surface area contributed by atoms with Gasteiger partial charge in [-0.05, 0) is 17.0 Å². The highest BCUT2D eigenvalue weighted by Crippen LogP contribution is 2.54. The van der Waals surface area contributed by atoms with Crippen molar-refractivity contribution >= 4 is 11.9 Å². The Morgan fingerprint density at radius 3 is 2.29 bits per heavy atom. The van der Waals surface area contributed by atoms with E-state index in [-0.39, 0.29) is 29.9 Å². The first-order valence-corrected chi connectivity index (χ1v) is 10.9. The van der Waals surface area contributed by atoms with Gasteiger partial charge in [-0.15, -0.1) is 0 Å². The molecule has 1 spiro atoms. The van der Waals surface area contributed by atoms with Crippen LogP contribution in [0.25, 0.3) is 0 Å². The van der Waals surface area contributed by atoms with Gasteiger partial charge < -0.3 is 14.4 Å². The Balaban J connectivity index is 1.50. The molecule has 2 bridgehead atoms. The molecule has 5 heteroatoms. The molecule has 0 N–H and O–H groups in total. The molecule has 0 radical (unpaired) electrons. The van der Waals surface area contributed by atoms with Gasteiger partial charge in [0, 0.05) is 0 Å². The van der Waals surface area contributed by atoms with Gasteiger partial charge in [0.25, 0.3) is 0 Å². The van der Waals surface area contributed by atoms with E-state index in [0.717, 1.165) is 11.1 Å². The lowest BCUT2D eigenvalue weighted by atomic mass is 9.77. The maximum Gasteiger partial charge on any atom is 0.312 e. The number of hydrogen-bond donors (Lipinski definition) is 0. The number of fused-ring (bicyclic) bond motifs is 1. The molecule has 0 unspecified atom stereocenters. The number of benzene rings is 2. The summed E-state index contributed by atoms with van der Waals surface area (Å²) in [6.07, 6.45) is 3.52. The molecule has 2 fully saturated rings. The average molecular weight is 418 g/mol. The first-order valence-electron chi connectivity index (χ1n) is 10.9. The molecule has 3 heterocycles. The highest BCUT2D eigenvalue weighted by molar-refractivity contribution is 5.91. The van der Waals surface area contributed by atoms with Crippen LogP contribution in [0.3, 0.4) is 0 Å². The molecule has 4 atom stereocenters. The van der Waals surface area contributed by atoms with Crippen LogP contribution in [0.2, 0.25) is 0 Å². The number of amides is 1. The average Bonchev–Trinajstić information content (AvgIpc) is 3.42. The van der Waals surface area contributed by atoms with Gasteiger partial charge in [-0.1, -0.05) is 86.7 Å². The zero-order valence-corrected chi connectivity index (χ0v) is 17.8. The quantitative estimate of drug-likeness (QED) is 0.531. The number of nitrogens with zero attached hydrogens (tertiary/aromatic N) is 1. The Kier molecular flexibility index (Phi) is 4.94. The zero-order valence-electron chi connectivity index (χ0n) is 17.8. The number of ether oxygens (including phenoxy) is 2. The first kappa shape index (κ1) is 20.0. The molecular weight excluding hydrogens is 390 g/mol. The summed E-state index contributed by atoms with van der Waals surface area (Å²) in [7, 11) is 0. The van der Waals surface area contributed by atoms with E-state index in [1.807, 2.05) is 91.6 Å². The van der Waals surface area contributed by atoms with Gasteiger partial charge in [0.15, 0.2) is 0 Å². The Hall–Kier alpha value is -2.92. The molecule has 160 valence electrons. The summed E-state index contributed by atoms with van der Waals surface area (Å²) < 4.78 is 11.8. The standard InChI is InChI=1S/C26H27NO4/c1-17(2)15-30-25(29)21-20-13-14-26(31-20)16-27(24(28)22(21)26)23(18-9-5-3-6-10-18)19-11-7-4-8-12-19/h3-14,17,20-23H,15-16H2,1-2H3/t20-,21+,22-,26+/m0/s1. The van der Waals surface area contributed by atoms with Crippen LogP contribution in [0.15, 0.2) is 72.8 Å². The number of rotatable bonds is 6. The van der Waals surface area contributed by atoms with Gasteiger partial charge in [-0.2, -0.15) is 0 Å². The molecule has 31 heavy (non-hydrogen) atoms. The Labute approximate surface area is 182 Å². The van der Waals surface area contributed by atoms with Crippen molar-refractivity contribution in [3.63, 3.8) is 0 Å². The molecule has 5 rings (SSSR count). The van der Waals surface area contributed by atoms with Gasteiger partial charge in [0.05, 0.1) is 31.2 Å². The van der Waals surface area contributed by atoms with Gasteiger partial charge in [-0.25, -0.2) is 0 Å². The van der Waals surface area contributed by atoms with Crippen LogP contribution < -0.4 is 0 Å². The maximum absolute atomic E-state index is 13.8. The Morgan fingerprint density at radius 2 is 1.71 bits per heavy atom. The van der Waals surface area contributed by atoms with E-state index in [9.17, 15) is 9.59 Å². The van der Waals surface area contributed by atoms with Crippen molar-refractivity contribution < 1.29 is 19.1 Å². The third-order valence-electron chi connectivity index (χ3n) is 6.50. The number of esters is 1. The lowest BCUT2D eigenvalue weighted by Gasteiger charge is -2.31. The van der Waals surface area contributed by atoms with Crippen LogP contribution in [0.5, 0.6) is 0 Å². The first-order chi connectivity index (χ1) is 15.0. The molecule has 2 aromatic rings. The van der Waals surface area contributed by atoms with E-state index >= 15 is 0 Å². The lowest BCUT2D eigenvalue weighted by Crippen LogP contribution is -2.40. The SMILES string of the molecule is CC(C)COC(=O)[C@@H]1[C@@H]2C=C[C@]3(CN(C(c4ccccc4)c4ccccc4)C(=O)[C@H]13)O2. The topological polar surface area (TPSA) is 55.8 Å². The summed E-state index contributed by atoms with van der Waals surface area (Å²) >= 11 is 0. The van der Waals surface area contributed by atoms with E-state index in [2.05, 4.69) is 0 Å². The monoisotopic (exact) mass is 417 g/mol. The number of hydrogen-bond acceptors (Lipinski definition) is 4. The fraction of sp³-hybridized carbons (Fsp3) is 0.385. The van der Waals surface area contributed by atoms with Crippen molar-refractivity contribution in [1.29, 1.82) is 0 Å². The van der Waals surface area contributed by atoms with Crippen LogP contribution in [0, 0.1) is 17.8 Å². The molecule has 0 aliphatic carbocycles. The van der Waals surface area contributed by atoms with E-state index in [1.54, 1.807) is 0 Å². The molecule has 3 aliphatic heterocycles. The molecule has 1 amide bonds. The van der Waals surface area contributed by atoms with Crippen molar-refractivity contribution in [2.75, 3.05) is 13.2 Å². The van der Waals surface area contributed by atoms with Crippen molar-refractivity contribution in [2.24, 2.45) is 17.8 Å². The number of carbonyl (C=O) groups is 2. The maximum atomic E-state index is 13.8. The summed E-state index contributed by atoms with van der Waals surface area (Å²) in [6, 6.07) is 19.8. The fourth-order valence-corrected chi connectivity index (χ4v) is 5.18. The van der Waals surface area contributed by atoms with E-state index < -0.39 is 17.4 Å². The highest BCUT2D eigenvalue weighted by Gasteiger charge is 2.68. The summed E-state index contributed by atoms with van der Waals surface area (Å²) in [6.45, 7) is 4.77. The zero-order chi connectivity index (χ0) is 21.6. The van der Waals surface area contributed by atoms with E-state index in [0.29, 0.717) is 13.2 Å². The minimum absolute atomic E-state index is 0.0453.